The molecular weight excluding hydrogens is 290 g/mol. The fourth-order valence-corrected chi connectivity index (χ4v) is 3.80. The molecule has 1 aliphatic heterocycles. The number of aryl methyl sites for hydroxylation is 2. The summed E-state index contributed by atoms with van der Waals surface area (Å²) >= 11 is 0. The molecule has 3 heterocycles. The molecule has 1 atom stereocenters. The zero-order valence-corrected chi connectivity index (χ0v) is 13.0. The van der Waals surface area contributed by atoms with Gasteiger partial charge in [0, 0.05) is 34.7 Å². The normalized spacial score (nSPS) is 21.0. The van der Waals surface area contributed by atoms with Crippen LogP contribution in [0.15, 0.2) is 22.7 Å². The zero-order chi connectivity index (χ0) is 15.2. The fourth-order valence-electron chi connectivity index (χ4n) is 3.80. The minimum absolute atomic E-state index is 0.274. The van der Waals surface area contributed by atoms with E-state index in [1.807, 2.05) is 0 Å². The van der Waals surface area contributed by atoms with Gasteiger partial charge in [-0.15, -0.1) is 0 Å². The maximum Gasteiger partial charge on any atom is 0.257 e. The molecule has 0 radical (unpaired) electrons. The molecule has 2 aliphatic rings. The number of ether oxygens (including phenoxy) is 1. The van der Waals surface area contributed by atoms with Gasteiger partial charge >= 0.3 is 0 Å². The van der Waals surface area contributed by atoms with Crippen LogP contribution in [0.4, 0.5) is 0 Å². The average molecular weight is 309 g/mol. The first-order valence-corrected chi connectivity index (χ1v) is 8.44. The number of nitrogens with zero attached hydrogens (tertiary/aromatic N) is 2. The van der Waals surface area contributed by atoms with Gasteiger partial charge in [-0.2, -0.15) is 4.98 Å². The summed E-state index contributed by atoms with van der Waals surface area (Å²) in [6.07, 6.45) is 5.85. The van der Waals surface area contributed by atoms with Crippen LogP contribution in [0.2, 0.25) is 0 Å². The van der Waals surface area contributed by atoms with Gasteiger partial charge in [-0.25, -0.2) is 0 Å². The van der Waals surface area contributed by atoms with E-state index in [0.29, 0.717) is 12.5 Å². The Morgan fingerprint density at radius 1 is 1.17 bits per heavy atom. The molecule has 0 saturated carbocycles. The summed E-state index contributed by atoms with van der Waals surface area (Å²) in [6, 6.07) is 6.39. The van der Waals surface area contributed by atoms with Gasteiger partial charge in [0.15, 0.2) is 5.82 Å². The van der Waals surface area contributed by atoms with Crippen LogP contribution in [0.1, 0.15) is 42.3 Å². The van der Waals surface area contributed by atoms with Crippen molar-refractivity contribution in [1.82, 2.24) is 15.1 Å². The Hall–Kier alpha value is -2.14. The highest BCUT2D eigenvalue weighted by atomic mass is 16.5. The number of hydrogen-bond acceptors (Lipinski definition) is 4. The van der Waals surface area contributed by atoms with E-state index in [4.69, 9.17) is 9.26 Å². The number of rotatable bonds is 2. The van der Waals surface area contributed by atoms with Crippen LogP contribution in [0.3, 0.4) is 0 Å². The van der Waals surface area contributed by atoms with Crippen LogP contribution in [-0.2, 0) is 17.6 Å². The number of H-pyrrole nitrogens is 1. The summed E-state index contributed by atoms with van der Waals surface area (Å²) in [5, 5.41) is 5.46. The van der Waals surface area contributed by atoms with Crippen LogP contribution in [0, 0.1) is 0 Å². The van der Waals surface area contributed by atoms with E-state index in [1.54, 1.807) is 0 Å². The Balaban J connectivity index is 1.55. The first kappa shape index (κ1) is 13.3. The van der Waals surface area contributed by atoms with Crippen molar-refractivity contribution < 1.29 is 9.26 Å². The Morgan fingerprint density at radius 3 is 3.04 bits per heavy atom. The lowest BCUT2D eigenvalue weighted by Crippen LogP contribution is -2.00. The van der Waals surface area contributed by atoms with Crippen LogP contribution in [0.5, 0.6) is 0 Å². The molecule has 5 rings (SSSR count). The molecule has 0 bridgehead atoms. The molecule has 118 valence electrons. The molecule has 1 N–H and O–H groups in total. The summed E-state index contributed by atoms with van der Waals surface area (Å²) < 4.78 is 10.9. The van der Waals surface area contributed by atoms with Gasteiger partial charge in [0.2, 0.25) is 0 Å². The molecule has 1 aromatic carbocycles. The van der Waals surface area contributed by atoms with E-state index in [2.05, 4.69) is 33.3 Å². The molecule has 1 saturated heterocycles. The van der Waals surface area contributed by atoms with Crippen LogP contribution in [0.25, 0.3) is 22.4 Å². The van der Waals surface area contributed by atoms with E-state index >= 15 is 0 Å². The lowest BCUT2D eigenvalue weighted by atomic mass is 9.95. The standard InChI is InChI=1S/C18H19N3O2/c1-2-4-15-13(3-1)14-9-11(5-6-16(14)19-15)18-20-17(21-23-18)12-7-8-22-10-12/h5-6,9,12,19H,1-4,7-8,10H2. The molecule has 3 aromatic rings. The second-order valence-corrected chi connectivity index (χ2v) is 6.57. The average Bonchev–Trinajstić information content (AvgIpc) is 3.32. The van der Waals surface area contributed by atoms with E-state index in [9.17, 15) is 0 Å². The molecule has 1 unspecified atom stereocenters. The van der Waals surface area contributed by atoms with E-state index in [0.717, 1.165) is 37.3 Å². The van der Waals surface area contributed by atoms with Gasteiger partial charge in [0.05, 0.1) is 6.61 Å². The van der Waals surface area contributed by atoms with Crippen molar-refractivity contribution in [2.24, 2.45) is 0 Å². The second-order valence-electron chi connectivity index (χ2n) is 6.57. The Morgan fingerprint density at radius 2 is 2.13 bits per heavy atom. The summed E-state index contributed by atoms with van der Waals surface area (Å²) in [5.41, 5.74) is 5.09. The van der Waals surface area contributed by atoms with Crippen LogP contribution >= 0.6 is 0 Å². The van der Waals surface area contributed by atoms with E-state index < -0.39 is 0 Å². The first-order chi connectivity index (χ1) is 11.4. The smallest absolute Gasteiger partial charge is 0.257 e. The molecular formula is C18H19N3O2. The molecule has 5 nitrogen and oxygen atoms in total. The highest BCUT2D eigenvalue weighted by molar-refractivity contribution is 5.88. The maximum absolute atomic E-state index is 5.51. The van der Waals surface area contributed by atoms with Crippen molar-refractivity contribution in [3.8, 4) is 11.5 Å². The fraction of sp³-hybridized carbons (Fsp3) is 0.444. The van der Waals surface area contributed by atoms with Gasteiger partial charge in [0.25, 0.3) is 5.89 Å². The van der Waals surface area contributed by atoms with Crippen molar-refractivity contribution in [1.29, 1.82) is 0 Å². The third-order valence-corrected chi connectivity index (χ3v) is 5.08. The SMILES string of the molecule is c1cc2[nH]c3c(c2cc1-c1nc(C2CCOC2)no1)CCCC3. The number of nitrogens with one attached hydrogen (secondary N) is 1. The quantitative estimate of drug-likeness (QED) is 0.785. The van der Waals surface area contributed by atoms with Gasteiger partial charge in [0.1, 0.15) is 0 Å². The highest BCUT2D eigenvalue weighted by Crippen LogP contribution is 2.32. The van der Waals surface area contributed by atoms with Crippen LogP contribution < -0.4 is 0 Å². The number of fused-ring (bicyclic) bond motifs is 3. The molecule has 0 spiro atoms. The molecule has 1 fully saturated rings. The predicted molar refractivity (Wildman–Crippen MR) is 86.4 cm³/mol. The van der Waals surface area contributed by atoms with Crippen molar-refractivity contribution in [3.05, 3.63) is 35.3 Å². The van der Waals surface area contributed by atoms with Crippen molar-refractivity contribution in [2.45, 2.75) is 38.0 Å². The topological polar surface area (TPSA) is 63.9 Å². The summed E-state index contributed by atoms with van der Waals surface area (Å²) in [5.74, 6) is 1.66. The summed E-state index contributed by atoms with van der Waals surface area (Å²) in [7, 11) is 0. The number of benzene rings is 1. The van der Waals surface area contributed by atoms with Gasteiger partial charge < -0.3 is 14.2 Å². The summed E-state index contributed by atoms with van der Waals surface area (Å²) in [6.45, 7) is 1.49. The van der Waals surface area contributed by atoms with Gasteiger partial charge in [-0.05, 0) is 55.9 Å². The lowest BCUT2D eigenvalue weighted by Gasteiger charge is -2.10. The first-order valence-electron chi connectivity index (χ1n) is 8.44. The van der Waals surface area contributed by atoms with Gasteiger partial charge in [-0.3, -0.25) is 0 Å². The minimum atomic E-state index is 0.274. The molecule has 23 heavy (non-hydrogen) atoms. The largest absolute Gasteiger partial charge is 0.381 e. The number of aromatic nitrogens is 3. The van der Waals surface area contributed by atoms with Crippen LogP contribution in [-0.4, -0.2) is 28.3 Å². The molecule has 2 aromatic heterocycles. The second kappa shape index (κ2) is 5.20. The molecule has 0 amide bonds. The van der Waals surface area contributed by atoms with Crippen molar-refractivity contribution in [3.63, 3.8) is 0 Å². The van der Waals surface area contributed by atoms with Gasteiger partial charge in [-0.1, -0.05) is 5.16 Å². The minimum Gasteiger partial charge on any atom is -0.381 e. The Kier molecular flexibility index (Phi) is 3.01. The lowest BCUT2D eigenvalue weighted by molar-refractivity contribution is 0.192. The Bertz CT molecular complexity index is 858. The number of hydrogen-bond donors (Lipinski definition) is 1. The Labute approximate surface area is 134 Å². The monoisotopic (exact) mass is 309 g/mol. The predicted octanol–water partition coefficient (Wildman–Crippen LogP) is 3.60. The zero-order valence-electron chi connectivity index (χ0n) is 13.0. The third kappa shape index (κ3) is 2.18. The van der Waals surface area contributed by atoms with E-state index in [1.165, 1.54) is 35.0 Å². The van der Waals surface area contributed by atoms with Crippen molar-refractivity contribution >= 4 is 10.9 Å². The molecule has 1 aliphatic carbocycles. The number of aromatic amines is 1. The highest BCUT2D eigenvalue weighted by Gasteiger charge is 2.24. The third-order valence-electron chi connectivity index (χ3n) is 5.08. The van der Waals surface area contributed by atoms with E-state index in [-0.39, 0.29) is 5.92 Å². The van der Waals surface area contributed by atoms with Crippen molar-refractivity contribution in [2.75, 3.05) is 13.2 Å². The summed E-state index contributed by atoms with van der Waals surface area (Å²) in [4.78, 5) is 8.16. The molecule has 5 heteroatoms. The maximum atomic E-state index is 5.51.